The van der Waals surface area contributed by atoms with Gasteiger partial charge >= 0.3 is 11.9 Å². The fourth-order valence-electron chi connectivity index (χ4n) is 0.428. The minimum absolute atomic E-state index is 0.236. The number of amides is 1. The highest BCUT2D eigenvalue weighted by Crippen LogP contribution is 2.10. The quantitative estimate of drug-likeness (QED) is 0.427. The van der Waals surface area contributed by atoms with Gasteiger partial charge in [0.05, 0.1) is 0 Å². The Labute approximate surface area is 62.8 Å². The second-order valence-corrected chi connectivity index (χ2v) is 2.09. The van der Waals surface area contributed by atoms with E-state index < -0.39 is 18.1 Å². The van der Waals surface area contributed by atoms with Gasteiger partial charge in [-0.25, -0.2) is 4.79 Å². The van der Waals surface area contributed by atoms with E-state index in [2.05, 4.69) is 21.5 Å². The lowest BCUT2D eigenvalue weighted by Gasteiger charge is -2.13. The summed E-state index contributed by atoms with van der Waals surface area (Å²) in [6.07, 6.45) is -1.03. The predicted octanol–water partition coefficient (Wildman–Crippen LogP) is 0.424. The molecule has 1 rings (SSSR count). The van der Waals surface area contributed by atoms with Gasteiger partial charge in [0.25, 0.3) is 6.23 Å². The minimum atomic E-state index is -1.03. The summed E-state index contributed by atoms with van der Waals surface area (Å²) in [6.45, 7) is 4.82. The average Bonchev–Trinajstić information content (AvgIpc) is 1.96. The van der Waals surface area contributed by atoms with E-state index in [1.807, 2.05) is 0 Å². The lowest BCUT2D eigenvalue weighted by Crippen LogP contribution is -2.29. The summed E-state index contributed by atoms with van der Waals surface area (Å²) >= 11 is 0. The van der Waals surface area contributed by atoms with E-state index in [0.717, 1.165) is 0 Å². The van der Waals surface area contributed by atoms with Crippen molar-refractivity contribution in [3.63, 3.8) is 0 Å². The maximum absolute atomic E-state index is 10.7. The van der Waals surface area contributed by atoms with Gasteiger partial charge in [0.1, 0.15) is 0 Å². The van der Waals surface area contributed by atoms with E-state index in [1.54, 1.807) is 0 Å². The Kier molecular flexibility index (Phi) is 1.80. The molecule has 0 N–H and O–H groups in total. The van der Waals surface area contributed by atoms with Crippen molar-refractivity contribution in [3.8, 4) is 0 Å². The Morgan fingerprint density at radius 1 is 1.73 bits per heavy atom. The molecule has 0 aromatic heterocycles. The van der Waals surface area contributed by atoms with Crippen molar-refractivity contribution in [2.24, 2.45) is 10.2 Å². The van der Waals surface area contributed by atoms with Crippen LogP contribution in [0.15, 0.2) is 22.4 Å². The van der Waals surface area contributed by atoms with Crippen molar-refractivity contribution >= 4 is 11.9 Å². The van der Waals surface area contributed by atoms with Gasteiger partial charge < -0.3 is 4.74 Å². The summed E-state index contributed by atoms with van der Waals surface area (Å²) in [6, 6.07) is 0. The van der Waals surface area contributed by atoms with Crippen LogP contribution in [-0.4, -0.2) is 18.1 Å². The molecule has 11 heavy (non-hydrogen) atoms. The number of hydrogen-bond acceptors (Lipinski definition) is 4. The van der Waals surface area contributed by atoms with E-state index in [4.69, 9.17) is 0 Å². The van der Waals surface area contributed by atoms with E-state index in [-0.39, 0.29) is 5.57 Å². The summed E-state index contributed by atoms with van der Waals surface area (Å²) in [5.74, 6) is -1.15. The van der Waals surface area contributed by atoms with Gasteiger partial charge in [-0.1, -0.05) is 6.58 Å². The largest absolute Gasteiger partial charge is 0.425 e. The Morgan fingerprint density at radius 2 is 2.36 bits per heavy atom. The molecule has 1 aliphatic rings. The number of esters is 1. The first-order valence-corrected chi connectivity index (χ1v) is 2.92. The summed E-state index contributed by atoms with van der Waals surface area (Å²) in [7, 11) is 0. The Hall–Kier alpha value is -1.52. The lowest BCUT2D eigenvalue weighted by atomic mass is 10.3. The summed E-state index contributed by atoms with van der Waals surface area (Å²) in [5.41, 5.74) is 0.236. The van der Waals surface area contributed by atoms with E-state index in [9.17, 15) is 9.59 Å². The van der Waals surface area contributed by atoms with Crippen LogP contribution in [0.1, 0.15) is 6.92 Å². The van der Waals surface area contributed by atoms with Crippen LogP contribution in [0.5, 0.6) is 0 Å². The summed E-state index contributed by atoms with van der Waals surface area (Å²) in [4.78, 5) is 21.1. The Balaban J connectivity index is 2.44. The number of ether oxygens (including phenoxy) is 1. The average molecular weight is 154 g/mol. The van der Waals surface area contributed by atoms with Crippen LogP contribution >= 0.6 is 0 Å². The molecule has 1 atom stereocenters. The van der Waals surface area contributed by atoms with Crippen LogP contribution < -0.4 is 0 Å². The molecular formula is C6H6N2O3. The zero-order valence-electron chi connectivity index (χ0n) is 5.90. The maximum Gasteiger partial charge on any atom is 0.335 e. The molecule has 1 aliphatic heterocycles. The highest BCUT2D eigenvalue weighted by molar-refractivity contribution is 5.91. The van der Waals surface area contributed by atoms with Gasteiger partial charge in [0.2, 0.25) is 0 Å². The highest BCUT2D eigenvalue weighted by Gasteiger charge is 2.29. The molecule has 0 aliphatic carbocycles. The van der Waals surface area contributed by atoms with E-state index in [0.29, 0.717) is 0 Å². The van der Waals surface area contributed by atoms with Crippen molar-refractivity contribution in [2.75, 3.05) is 0 Å². The zero-order valence-corrected chi connectivity index (χ0v) is 5.90. The summed E-state index contributed by atoms with van der Waals surface area (Å²) in [5, 5.41) is 6.31. The molecule has 0 saturated carbocycles. The number of carbonyl (C=O) groups excluding carboxylic acids is 2. The number of rotatable bonds is 2. The number of azo groups is 1. The number of carbonyl (C=O) groups is 2. The molecule has 0 aromatic carbocycles. The molecule has 0 fully saturated rings. The third-order valence-corrected chi connectivity index (χ3v) is 1.04. The normalized spacial score (nSPS) is 20.8. The molecule has 1 heterocycles. The topological polar surface area (TPSA) is 68.1 Å². The predicted molar refractivity (Wildman–Crippen MR) is 34.6 cm³/mol. The van der Waals surface area contributed by atoms with Crippen LogP contribution in [-0.2, 0) is 14.3 Å². The molecule has 58 valence electrons. The van der Waals surface area contributed by atoms with Crippen molar-refractivity contribution in [1.82, 2.24) is 0 Å². The van der Waals surface area contributed by atoms with Gasteiger partial charge in [-0.05, 0) is 6.92 Å². The maximum atomic E-state index is 10.7. The van der Waals surface area contributed by atoms with Gasteiger partial charge in [0, 0.05) is 5.57 Å². The fraction of sp³-hybridized carbons (Fsp3) is 0.333. The Morgan fingerprint density at radius 3 is 2.64 bits per heavy atom. The second kappa shape index (κ2) is 2.61. The van der Waals surface area contributed by atoms with Crippen molar-refractivity contribution in [3.05, 3.63) is 12.2 Å². The first kappa shape index (κ1) is 7.59. The standard InChI is InChI=1S/C6H6N2O3/c1-3(2)6(10)11-5-4(9)7-8-5/h5H,1H2,2H3. The number of hydrogen-bond donors (Lipinski definition) is 0. The molecule has 1 unspecified atom stereocenters. The SMILES string of the molecule is C=C(C)C(=O)OC1N=NC1=O. The van der Waals surface area contributed by atoms with Crippen LogP contribution in [0, 0.1) is 0 Å². The fourth-order valence-corrected chi connectivity index (χ4v) is 0.428. The lowest BCUT2D eigenvalue weighted by molar-refractivity contribution is -0.154. The molecule has 0 saturated heterocycles. The second-order valence-electron chi connectivity index (χ2n) is 2.09. The van der Waals surface area contributed by atoms with Gasteiger partial charge in [-0.2, -0.15) is 0 Å². The van der Waals surface area contributed by atoms with Crippen LogP contribution in [0.2, 0.25) is 0 Å². The number of nitrogens with zero attached hydrogens (tertiary/aromatic N) is 2. The molecule has 0 bridgehead atoms. The third-order valence-electron chi connectivity index (χ3n) is 1.04. The molecular weight excluding hydrogens is 148 g/mol. The molecule has 0 spiro atoms. The summed E-state index contributed by atoms with van der Waals surface area (Å²) < 4.78 is 4.51. The molecule has 1 amide bonds. The van der Waals surface area contributed by atoms with Crippen molar-refractivity contribution in [1.29, 1.82) is 0 Å². The molecule has 5 nitrogen and oxygen atoms in total. The van der Waals surface area contributed by atoms with E-state index >= 15 is 0 Å². The molecule has 5 heteroatoms. The minimum Gasteiger partial charge on any atom is -0.425 e. The van der Waals surface area contributed by atoms with E-state index in [1.165, 1.54) is 6.92 Å². The zero-order chi connectivity index (χ0) is 8.43. The monoisotopic (exact) mass is 154 g/mol. The third kappa shape index (κ3) is 1.49. The molecule has 0 radical (unpaired) electrons. The smallest absolute Gasteiger partial charge is 0.335 e. The van der Waals surface area contributed by atoms with Crippen molar-refractivity contribution < 1.29 is 14.3 Å². The van der Waals surface area contributed by atoms with Crippen LogP contribution in [0.25, 0.3) is 0 Å². The van der Waals surface area contributed by atoms with Gasteiger partial charge in [-0.15, -0.1) is 10.2 Å². The van der Waals surface area contributed by atoms with Gasteiger partial charge in [-0.3, -0.25) is 4.79 Å². The van der Waals surface area contributed by atoms with Crippen molar-refractivity contribution in [2.45, 2.75) is 13.2 Å². The highest BCUT2D eigenvalue weighted by atomic mass is 16.6. The van der Waals surface area contributed by atoms with Gasteiger partial charge in [0.15, 0.2) is 0 Å². The van der Waals surface area contributed by atoms with Crippen LogP contribution in [0.4, 0.5) is 0 Å². The first-order valence-electron chi connectivity index (χ1n) is 2.92. The molecule has 0 aromatic rings. The Bertz CT molecular complexity index is 257. The van der Waals surface area contributed by atoms with Crippen LogP contribution in [0.3, 0.4) is 0 Å². The first-order chi connectivity index (χ1) is 5.11.